The van der Waals surface area contributed by atoms with Crippen LogP contribution < -0.4 is 0 Å². The van der Waals surface area contributed by atoms with Crippen LogP contribution in [0.2, 0.25) is 0 Å². The Kier molecular flexibility index (Phi) is 4.47. The summed E-state index contributed by atoms with van der Waals surface area (Å²) in [7, 11) is -0.238. The molecule has 2 aromatic rings. The van der Waals surface area contributed by atoms with Crippen LogP contribution in [-0.4, -0.2) is 58.7 Å². The lowest BCUT2D eigenvalue weighted by Gasteiger charge is -2.33. The van der Waals surface area contributed by atoms with Gasteiger partial charge >= 0.3 is 0 Å². The molecule has 124 valence electrons. The highest BCUT2D eigenvalue weighted by atomic mass is 32.2. The van der Waals surface area contributed by atoms with Gasteiger partial charge in [0, 0.05) is 51.2 Å². The Morgan fingerprint density at radius 2 is 2.13 bits per heavy atom. The molecule has 0 spiro atoms. The number of aromatic nitrogens is 3. The molecule has 0 aromatic carbocycles. The second kappa shape index (κ2) is 6.38. The van der Waals surface area contributed by atoms with Crippen molar-refractivity contribution in [2.24, 2.45) is 0 Å². The van der Waals surface area contributed by atoms with E-state index in [9.17, 15) is 8.42 Å². The minimum absolute atomic E-state index is 0.113. The molecule has 1 aliphatic rings. The first-order valence-electron chi connectivity index (χ1n) is 7.61. The Morgan fingerprint density at radius 3 is 2.83 bits per heavy atom. The number of imidazole rings is 1. The molecule has 0 N–H and O–H groups in total. The molecule has 0 amide bonds. The summed E-state index contributed by atoms with van der Waals surface area (Å²) < 4.78 is 29.3. The van der Waals surface area contributed by atoms with Gasteiger partial charge < -0.3 is 0 Å². The Hall–Kier alpha value is -1.77. The second-order valence-electron chi connectivity index (χ2n) is 5.88. The number of nitrogens with zero attached hydrogens (tertiary/aromatic N) is 5. The van der Waals surface area contributed by atoms with Crippen molar-refractivity contribution in [3.63, 3.8) is 0 Å². The molecular weight excluding hydrogens is 314 g/mol. The van der Waals surface area contributed by atoms with Crippen LogP contribution in [0, 0.1) is 0 Å². The third-order valence-electron chi connectivity index (χ3n) is 4.12. The molecule has 0 unspecified atom stereocenters. The van der Waals surface area contributed by atoms with E-state index in [1.165, 1.54) is 4.31 Å². The molecule has 3 rings (SSSR count). The lowest BCUT2D eigenvalue weighted by molar-refractivity contribution is 0.296. The molecule has 0 aliphatic carbocycles. The summed E-state index contributed by atoms with van der Waals surface area (Å²) in [6.45, 7) is 1.04. The molecule has 0 bridgehead atoms. The van der Waals surface area contributed by atoms with E-state index >= 15 is 0 Å². The van der Waals surface area contributed by atoms with Gasteiger partial charge in [-0.25, -0.2) is 9.97 Å². The Labute approximate surface area is 136 Å². The van der Waals surface area contributed by atoms with Crippen molar-refractivity contribution in [1.82, 2.24) is 23.1 Å². The molecular formula is C15H21N5O2S. The number of pyridine rings is 1. The summed E-state index contributed by atoms with van der Waals surface area (Å²) in [6, 6.07) is 5.84. The third kappa shape index (κ3) is 3.29. The van der Waals surface area contributed by atoms with Gasteiger partial charge in [-0.1, -0.05) is 6.07 Å². The van der Waals surface area contributed by atoms with Crippen LogP contribution in [-0.2, 0) is 10.2 Å². The van der Waals surface area contributed by atoms with Crippen molar-refractivity contribution < 1.29 is 8.42 Å². The first-order chi connectivity index (χ1) is 11.0. The van der Waals surface area contributed by atoms with Crippen LogP contribution in [0.5, 0.6) is 0 Å². The summed E-state index contributed by atoms with van der Waals surface area (Å²) >= 11 is 0. The fraction of sp³-hybridized carbons (Fsp3) is 0.467. The normalized spacial score (nSPS) is 20.0. The molecule has 0 saturated carbocycles. The molecule has 3 heterocycles. The summed E-state index contributed by atoms with van der Waals surface area (Å²) in [5.41, 5.74) is 0.926. The van der Waals surface area contributed by atoms with E-state index < -0.39 is 10.2 Å². The molecule has 23 heavy (non-hydrogen) atoms. The molecule has 8 heteroatoms. The van der Waals surface area contributed by atoms with Crippen molar-refractivity contribution in [3.05, 3.63) is 42.6 Å². The second-order valence-corrected chi connectivity index (χ2v) is 8.02. The largest absolute Gasteiger partial charge is 0.291 e. The topological polar surface area (TPSA) is 71.3 Å². The van der Waals surface area contributed by atoms with E-state index in [0.717, 1.165) is 24.4 Å². The monoisotopic (exact) mass is 335 g/mol. The zero-order valence-corrected chi connectivity index (χ0v) is 14.1. The predicted octanol–water partition coefficient (Wildman–Crippen LogP) is 1.25. The van der Waals surface area contributed by atoms with Crippen LogP contribution in [0.25, 0.3) is 5.82 Å². The third-order valence-corrected chi connectivity index (χ3v) is 6.02. The van der Waals surface area contributed by atoms with Gasteiger partial charge in [-0.15, -0.1) is 0 Å². The SMILES string of the molecule is CN(C)S(=O)(=O)N1CCC[C@H](c2cccc(-n3ccnc3)n2)C1. The summed E-state index contributed by atoms with van der Waals surface area (Å²) in [5, 5.41) is 0. The van der Waals surface area contributed by atoms with Gasteiger partial charge in [-0.2, -0.15) is 17.0 Å². The van der Waals surface area contributed by atoms with Crippen LogP contribution in [0.4, 0.5) is 0 Å². The molecule has 2 aromatic heterocycles. The maximum absolute atomic E-state index is 12.3. The zero-order valence-electron chi connectivity index (χ0n) is 13.3. The Bertz CT molecular complexity index is 758. The fourth-order valence-corrected chi connectivity index (χ4v) is 4.02. The van der Waals surface area contributed by atoms with Crippen LogP contribution in [0.3, 0.4) is 0 Å². The van der Waals surface area contributed by atoms with Gasteiger partial charge in [0.05, 0.1) is 0 Å². The van der Waals surface area contributed by atoms with Gasteiger partial charge in [0.2, 0.25) is 0 Å². The highest BCUT2D eigenvalue weighted by molar-refractivity contribution is 7.86. The Balaban J connectivity index is 1.83. The number of hydrogen-bond donors (Lipinski definition) is 0. The maximum Gasteiger partial charge on any atom is 0.281 e. The smallest absolute Gasteiger partial charge is 0.281 e. The van der Waals surface area contributed by atoms with Gasteiger partial charge in [-0.3, -0.25) is 4.57 Å². The molecule has 0 radical (unpaired) electrons. The van der Waals surface area contributed by atoms with Gasteiger partial charge in [0.15, 0.2) is 0 Å². The summed E-state index contributed by atoms with van der Waals surface area (Å²) in [5.74, 6) is 0.912. The number of piperidine rings is 1. The van der Waals surface area contributed by atoms with Gasteiger partial charge in [0.25, 0.3) is 10.2 Å². The van der Waals surface area contributed by atoms with E-state index in [4.69, 9.17) is 0 Å². The van der Waals surface area contributed by atoms with Crippen molar-refractivity contribution >= 4 is 10.2 Å². The highest BCUT2D eigenvalue weighted by Crippen LogP contribution is 2.28. The molecule has 1 fully saturated rings. The van der Waals surface area contributed by atoms with Crippen molar-refractivity contribution in [2.45, 2.75) is 18.8 Å². The van der Waals surface area contributed by atoms with Crippen molar-refractivity contribution in [3.8, 4) is 5.82 Å². The maximum atomic E-state index is 12.3. The Morgan fingerprint density at radius 1 is 1.30 bits per heavy atom. The van der Waals surface area contributed by atoms with E-state index in [1.807, 2.05) is 29.0 Å². The highest BCUT2D eigenvalue weighted by Gasteiger charge is 2.31. The predicted molar refractivity (Wildman–Crippen MR) is 87.5 cm³/mol. The first-order valence-corrected chi connectivity index (χ1v) is 9.01. The van der Waals surface area contributed by atoms with Gasteiger partial charge in [0.1, 0.15) is 12.1 Å². The van der Waals surface area contributed by atoms with Crippen molar-refractivity contribution in [1.29, 1.82) is 0 Å². The summed E-state index contributed by atoms with van der Waals surface area (Å²) in [6.07, 6.45) is 7.04. The average Bonchev–Trinajstić information content (AvgIpc) is 3.09. The van der Waals surface area contributed by atoms with E-state index in [-0.39, 0.29) is 5.92 Å². The molecule has 7 nitrogen and oxygen atoms in total. The standard InChI is InChI=1S/C15H21N5O2S/c1-18(2)23(21,22)20-9-4-5-13(11-20)14-6-3-7-15(17-14)19-10-8-16-12-19/h3,6-8,10,12-13H,4-5,9,11H2,1-2H3/t13-/m0/s1. The zero-order chi connectivity index (χ0) is 16.4. The number of rotatable bonds is 4. The quantitative estimate of drug-likeness (QED) is 0.843. The fourth-order valence-electron chi connectivity index (χ4n) is 2.83. The average molecular weight is 335 g/mol. The van der Waals surface area contributed by atoms with E-state index in [2.05, 4.69) is 9.97 Å². The number of hydrogen-bond acceptors (Lipinski definition) is 4. The summed E-state index contributed by atoms with van der Waals surface area (Å²) in [4.78, 5) is 8.72. The lowest BCUT2D eigenvalue weighted by Crippen LogP contribution is -2.45. The van der Waals surface area contributed by atoms with Crippen LogP contribution in [0.15, 0.2) is 36.9 Å². The first kappa shape index (κ1) is 16.1. The van der Waals surface area contributed by atoms with Crippen LogP contribution in [0.1, 0.15) is 24.5 Å². The van der Waals surface area contributed by atoms with E-state index in [0.29, 0.717) is 13.1 Å². The minimum atomic E-state index is -3.37. The van der Waals surface area contributed by atoms with Gasteiger partial charge in [-0.05, 0) is 25.0 Å². The molecule has 1 aliphatic heterocycles. The lowest BCUT2D eigenvalue weighted by atomic mass is 9.95. The van der Waals surface area contributed by atoms with Crippen LogP contribution >= 0.6 is 0 Å². The van der Waals surface area contributed by atoms with E-state index in [1.54, 1.807) is 30.9 Å². The minimum Gasteiger partial charge on any atom is -0.291 e. The molecule has 1 atom stereocenters. The van der Waals surface area contributed by atoms with Crippen molar-refractivity contribution in [2.75, 3.05) is 27.2 Å². The molecule has 1 saturated heterocycles.